The Morgan fingerprint density at radius 2 is 1.52 bits per heavy atom. The minimum absolute atomic E-state index is 0.0817. The number of methoxy groups -OCH3 is 1. The number of hydrogen-bond donors (Lipinski definition) is 2. The second-order valence-electron chi connectivity index (χ2n) is 8.25. The van der Waals surface area contributed by atoms with E-state index >= 15 is 0 Å². The molecule has 2 N–H and O–H groups in total. The van der Waals surface area contributed by atoms with Gasteiger partial charge in [-0.15, -0.1) is 0 Å². The molecule has 178 valence electrons. The quantitative estimate of drug-likeness (QED) is 0.529. The second kappa shape index (κ2) is 12.6. The van der Waals surface area contributed by atoms with Crippen LogP contribution in [-0.4, -0.2) is 48.9 Å². The highest BCUT2D eigenvalue weighted by Crippen LogP contribution is 2.19. The molecule has 3 amide bonds. The molecule has 33 heavy (non-hydrogen) atoms. The zero-order chi connectivity index (χ0) is 24.4. The molecule has 7 heteroatoms. The molecule has 0 saturated carbocycles. The number of nitrogens with one attached hydrogen (secondary N) is 2. The topological polar surface area (TPSA) is 87.7 Å². The van der Waals surface area contributed by atoms with Gasteiger partial charge in [0.15, 0.2) is 0 Å². The predicted octanol–water partition coefficient (Wildman–Crippen LogP) is 4.35. The number of benzene rings is 2. The number of hydrogen-bond acceptors (Lipinski definition) is 4. The average molecular weight is 454 g/mol. The second-order valence-corrected chi connectivity index (χ2v) is 8.25. The van der Waals surface area contributed by atoms with Crippen LogP contribution in [0, 0.1) is 5.92 Å². The van der Waals surface area contributed by atoms with E-state index < -0.39 is 11.9 Å². The largest absolute Gasteiger partial charge is 0.497 e. The van der Waals surface area contributed by atoms with E-state index in [4.69, 9.17) is 4.74 Å². The van der Waals surface area contributed by atoms with Gasteiger partial charge in [-0.2, -0.15) is 0 Å². The molecule has 7 nitrogen and oxygen atoms in total. The van der Waals surface area contributed by atoms with Gasteiger partial charge >= 0.3 is 0 Å². The van der Waals surface area contributed by atoms with Crippen molar-refractivity contribution in [2.75, 3.05) is 25.5 Å². The normalized spacial score (nSPS) is 11.6. The van der Waals surface area contributed by atoms with Gasteiger partial charge in [-0.25, -0.2) is 0 Å². The maximum atomic E-state index is 13.2. The van der Waals surface area contributed by atoms with Crippen LogP contribution in [0.5, 0.6) is 5.75 Å². The summed E-state index contributed by atoms with van der Waals surface area (Å²) in [5.74, 6) is -0.261. The van der Waals surface area contributed by atoms with Crippen LogP contribution in [0.3, 0.4) is 0 Å². The van der Waals surface area contributed by atoms with Gasteiger partial charge in [0, 0.05) is 18.7 Å². The fourth-order valence-electron chi connectivity index (χ4n) is 3.53. The Hall–Kier alpha value is -3.35. The molecule has 0 radical (unpaired) electrons. The summed E-state index contributed by atoms with van der Waals surface area (Å²) in [6.45, 7) is 9.19. The highest BCUT2D eigenvalue weighted by molar-refractivity contribution is 6.09. The Morgan fingerprint density at radius 1 is 0.909 bits per heavy atom. The fraction of sp³-hybridized carbons (Fsp3) is 0.423. The first-order chi connectivity index (χ1) is 15.8. The van der Waals surface area contributed by atoms with Crippen molar-refractivity contribution in [1.29, 1.82) is 0 Å². The first-order valence-corrected chi connectivity index (χ1v) is 11.5. The molecule has 0 saturated heterocycles. The Balaban J connectivity index is 2.21. The van der Waals surface area contributed by atoms with E-state index in [1.807, 2.05) is 32.6 Å². The van der Waals surface area contributed by atoms with Crippen molar-refractivity contribution < 1.29 is 19.1 Å². The molecule has 0 bridgehead atoms. The van der Waals surface area contributed by atoms with Crippen molar-refractivity contribution in [2.45, 2.75) is 46.6 Å². The van der Waals surface area contributed by atoms with Crippen LogP contribution in [0.4, 0.5) is 5.69 Å². The number of nitrogens with zero attached hydrogens (tertiary/aromatic N) is 1. The maximum absolute atomic E-state index is 13.2. The number of para-hydroxylation sites is 1. The van der Waals surface area contributed by atoms with Gasteiger partial charge in [0.2, 0.25) is 5.91 Å². The van der Waals surface area contributed by atoms with Crippen molar-refractivity contribution in [3.63, 3.8) is 0 Å². The van der Waals surface area contributed by atoms with Gasteiger partial charge in [-0.3, -0.25) is 14.4 Å². The molecule has 2 aromatic carbocycles. The first kappa shape index (κ1) is 25.9. The first-order valence-electron chi connectivity index (χ1n) is 11.5. The van der Waals surface area contributed by atoms with E-state index in [-0.39, 0.29) is 17.7 Å². The summed E-state index contributed by atoms with van der Waals surface area (Å²) in [7, 11) is 1.56. The zero-order valence-corrected chi connectivity index (χ0v) is 20.2. The molecule has 0 aliphatic heterocycles. The van der Waals surface area contributed by atoms with Crippen molar-refractivity contribution in [3.8, 4) is 5.75 Å². The monoisotopic (exact) mass is 453 g/mol. The smallest absolute Gasteiger partial charge is 0.255 e. The molecular formula is C26H35N3O4. The van der Waals surface area contributed by atoms with Crippen molar-refractivity contribution in [2.24, 2.45) is 5.92 Å². The SMILES string of the molecule is CCCN(CCC)C(=O)[C@@H](NC(=O)c1ccccc1NC(=O)c1ccc(OC)cc1)C(C)C. The van der Waals surface area contributed by atoms with Crippen LogP contribution < -0.4 is 15.4 Å². The van der Waals surface area contributed by atoms with Crippen LogP contribution >= 0.6 is 0 Å². The lowest BCUT2D eigenvalue weighted by Gasteiger charge is -2.29. The third-order valence-corrected chi connectivity index (χ3v) is 5.29. The van der Waals surface area contributed by atoms with Crippen molar-refractivity contribution in [3.05, 3.63) is 59.7 Å². The standard InChI is InChI=1S/C26H35N3O4/c1-6-16-29(17-7-2)26(32)23(18(3)4)28-25(31)21-10-8-9-11-22(21)27-24(30)19-12-14-20(33-5)15-13-19/h8-15,18,23H,6-7,16-17H2,1-5H3,(H,27,30)(H,28,31)/t23-/m0/s1. The van der Waals surface area contributed by atoms with E-state index in [2.05, 4.69) is 10.6 Å². The summed E-state index contributed by atoms with van der Waals surface area (Å²) in [4.78, 5) is 40.9. The third kappa shape index (κ3) is 7.07. The summed E-state index contributed by atoms with van der Waals surface area (Å²) >= 11 is 0. The van der Waals surface area contributed by atoms with Crippen LogP contribution in [0.2, 0.25) is 0 Å². The highest BCUT2D eigenvalue weighted by Gasteiger charge is 2.29. The number of ether oxygens (including phenoxy) is 1. The fourth-order valence-corrected chi connectivity index (χ4v) is 3.53. The summed E-state index contributed by atoms with van der Waals surface area (Å²) in [6.07, 6.45) is 1.70. The van der Waals surface area contributed by atoms with Crippen LogP contribution in [0.15, 0.2) is 48.5 Å². The van der Waals surface area contributed by atoms with Gasteiger partial charge in [-0.1, -0.05) is 39.8 Å². The molecule has 0 aliphatic rings. The lowest BCUT2D eigenvalue weighted by molar-refractivity contribution is -0.134. The molecule has 0 aromatic heterocycles. The molecule has 0 unspecified atom stereocenters. The zero-order valence-electron chi connectivity index (χ0n) is 20.2. The Bertz CT molecular complexity index is 935. The summed E-state index contributed by atoms with van der Waals surface area (Å²) in [5.41, 5.74) is 1.12. The number of carbonyl (C=O) groups is 3. The Labute approximate surface area is 196 Å². The minimum Gasteiger partial charge on any atom is -0.497 e. The van der Waals surface area contributed by atoms with Crippen LogP contribution in [0.1, 0.15) is 61.3 Å². The van der Waals surface area contributed by atoms with Crippen molar-refractivity contribution >= 4 is 23.4 Å². The number of amides is 3. The molecule has 0 spiro atoms. The molecule has 2 rings (SSSR count). The number of carbonyl (C=O) groups excluding carboxylic acids is 3. The van der Waals surface area contributed by atoms with Crippen LogP contribution in [-0.2, 0) is 4.79 Å². The predicted molar refractivity (Wildman–Crippen MR) is 131 cm³/mol. The minimum atomic E-state index is -0.652. The number of anilines is 1. The Kier molecular flexibility index (Phi) is 9.91. The van der Waals surface area contributed by atoms with Gasteiger partial charge in [0.25, 0.3) is 11.8 Å². The Morgan fingerprint density at radius 3 is 2.06 bits per heavy atom. The lowest BCUT2D eigenvalue weighted by Crippen LogP contribution is -2.51. The molecule has 0 aliphatic carbocycles. The van der Waals surface area contributed by atoms with E-state index in [9.17, 15) is 14.4 Å². The van der Waals surface area contributed by atoms with E-state index in [1.165, 1.54) is 0 Å². The molecule has 2 aromatic rings. The van der Waals surface area contributed by atoms with E-state index in [1.54, 1.807) is 55.6 Å². The van der Waals surface area contributed by atoms with Gasteiger partial charge < -0.3 is 20.3 Å². The summed E-state index contributed by atoms with van der Waals surface area (Å²) < 4.78 is 5.12. The molecule has 1 atom stereocenters. The molecular weight excluding hydrogens is 418 g/mol. The van der Waals surface area contributed by atoms with Crippen molar-refractivity contribution in [1.82, 2.24) is 10.2 Å². The van der Waals surface area contributed by atoms with E-state index in [0.717, 1.165) is 12.8 Å². The lowest BCUT2D eigenvalue weighted by atomic mass is 10.0. The highest BCUT2D eigenvalue weighted by atomic mass is 16.5. The number of rotatable bonds is 11. The third-order valence-electron chi connectivity index (χ3n) is 5.29. The maximum Gasteiger partial charge on any atom is 0.255 e. The van der Waals surface area contributed by atoms with E-state index in [0.29, 0.717) is 35.7 Å². The average Bonchev–Trinajstić information content (AvgIpc) is 2.82. The van der Waals surface area contributed by atoms with Gasteiger partial charge in [0.1, 0.15) is 11.8 Å². The van der Waals surface area contributed by atoms with Gasteiger partial charge in [-0.05, 0) is 55.2 Å². The van der Waals surface area contributed by atoms with Gasteiger partial charge in [0.05, 0.1) is 18.4 Å². The molecule has 0 heterocycles. The van der Waals surface area contributed by atoms with Crippen LogP contribution in [0.25, 0.3) is 0 Å². The summed E-state index contributed by atoms with van der Waals surface area (Å²) in [6, 6.07) is 12.8. The molecule has 0 fully saturated rings. The summed E-state index contributed by atoms with van der Waals surface area (Å²) in [5, 5.41) is 5.70.